The molecule has 0 saturated carbocycles. The van der Waals surface area contributed by atoms with E-state index in [1.165, 1.54) is 12.8 Å². The van der Waals surface area contributed by atoms with Gasteiger partial charge in [0.1, 0.15) is 0 Å². The van der Waals surface area contributed by atoms with Crippen LogP contribution in [-0.4, -0.2) is 31.7 Å². The van der Waals surface area contributed by atoms with E-state index in [4.69, 9.17) is 9.47 Å². The standard InChI is InChI=1S/C10H18O2S/c13-8-4-3-6-11-9-10-5-1-2-7-12-10/h3-4,10,13H,1-2,5-9H2. The van der Waals surface area contributed by atoms with E-state index in [1.807, 2.05) is 12.2 Å². The van der Waals surface area contributed by atoms with Crippen LogP contribution in [-0.2, 0) is 9.47 Å². The van der Waals surface area contributed by atoms with E-state index in [1.54, 1.807) is 0 Å². The minimum Gasteiger partial charge on any atom is -0.376 e. The third kappa shape index (κ3) is 5.34. The number of hydrogen-bond acceptors (Lipinski definition) is 3. The molecule has 1 unspecified atom stereocenters. The Bertz CT molecular complexity index is 142. The molecule has 3 heteroatoms. The van der Waals surface area contributed by atoms with Crippen LogP contribution in [0.3, 0.4) is 0 Å². The molecule has 0 N–H and O–H groups in total. The Morgan fingerprint density at radius 1 is 1.38 bits per heavy atom. The van der Waals surface area contributed by atoms with Gasteiger partial charge < -0.3 is 9.47 Å². The molecule has 13 heavy (non-hydrogen) atoms. The van der Waals surface area contributed by atoms with Crippen LogP contribution in [0.2, 0.25) is 0 Å². The highest BCUT2D eigenvalue weighted by Gasteiger charge is 2.12. The average Bonchev–Trinajstić information content (AvgIpc) is 2.19. The fraction of sp³-hybridized carbons (Fsp3) is 0.800. The van der Waals surface area contributed by atoms with E-state index in [2.05, 4.69) is 12.6 Å². The zero-order valence-corrected chi connectivity index (χ0v) is 8.84. The van der Waals surface area contributed by atoms with Crippen molar-refractivity contribution >= 4 is 12.6 Å². The molecular formula is C10H18O2S. The minimum atomic E-state index is 0.332. The summed E-state index contributed by atoms with van der Waals surface area (Å²) in [6.45, 7) is 2.32. The summed E-state index contributed by atoms with van der Waals surface area (Å²) in [4.78, 5) is 0. The molecule has 1 aliphatic rings. The van der Waals surface area contributed by atoms with Crippen molar-refractivity contribution in [2.45, 2.75) is 25.4 Å². The predicted octanol–water partition coefficient (Wildman–Crippen LogP) is 2.06. The van der Waals surface area contributed by atoms with E-state index in [9.17, 15) is 0 Å². The lowest BCUT2D eigenvalue weighted by atomic mass is 10.1. The highest BCUT2D eigenvalue weighted by Crippen LogP contribution is 2.12. The van der Waals surface area contributed by atoms with Gasteiger partial charge in [0.15, 0.2) is 0 Å². The third-order valence-electron chi connectivity index (χ3n) is 2.06. The number of ether oxygens (including phenoxy) is 2. The van der Waals surface area contributed by atoms with E-state index in [0.29, 0.717) is 12.7 Å². The molecule has 0 radical (unpaired) electrons. The molecule has 0 spiro atoms. The van der Waals surface area contributed by atoms with E-state index in [-0.39, 0.29) is 0 Å². The molecule has 76 valence electrons. The summed E-state index contributed by atoms with van der Waals surface area (Å²) in [5, 5.41) is 0. The second-order valence-electron chi connectivity index (χ2n) is 3.18. The SMILES string of the molecule is SCC=CCOCC1CCCCO1. The molecule has 0 aliphatic carbocycles. The summed E-state index contributed by atoms with van der Waals surface area (Å²) >= 11 is 4.06. The Hall–Kier alpha value is 0.01000. The van der Waals surface area contributed by atoms with Crippen molar-refractivity contribution in [2.75, 3.05) is 25.6 Å². The first-order valence-corrected chi connectivity index (χ1v) is 5.52. The Kier molecular flexibility index (Phi) is 6.33. The van der Waals surface area contributed by atoms with Crippen LogP contribution in [0.1, 0.15) is 19.3 Å². The van der Waals surface area contributed by atoms with Crippen LogP contribution in [0.4, 0.5) is 0 Å². The second-order valence-corrected chi connectivity index (χ2v) is 3.55. The van der Waals surface area contributed by atoms with E-state index >= 15 is 0 Å². The van der Waals surface area contributed by atoms with Crippen LogP contribution in [0, 0.1) is 0 Å². The van der Waals surface area contributed by atoms with Crippen molar-refractivity contribution in [3.8, 4) is 0 Å². The maximum Gasteiger partial charge on any atom is 0.0808 e. The molecule has 0 bridgehead atoms. The lowest BCUT2D eigenvalue weighted by Gasteiger charge is -2.21. The van der Waals surface area contributed by atoms with Gasteiger partial charge in [-0.25, -0.2) is 0 Å². The molecule has 1 heterocycles. The lowest BCUT2D eigenvalue weighted by Crippen LogP contribution is -2.24. The average molecular weight is 202 g/mol. The van der Waals surface area contributed by atoms with Crippen LogP contribution in [0.5, 0.6) is 0 Å². The van der Waals surface area contributed by atoms with Gasteiger partial charge in [0.2, 0.25) is 0 Å². The first kappa shape index (κ1) is 11.1. The summed E-state index contributed by atoms with van der Waals surface area (Å²) in [6.07, 6.45) is 7.95. The van der Waals surface area contributed by atoms with Gasteiger partial charge >= 0.3 is 0 Å². The number of rotatable bonds is 5. The molecular weight excluding hydrogens is 184 g/mol. The van der Waals surface area contributed by atoms with Crippen LogP contribution in [0.15, 0.2) is 12.2 Å². The summed E-state index contributed by atoms with van der Waals surface area (Å²) in [5.74, 6) is 0.781. The van der Waals surface area contributed by atoms with Crippen LogP contribution >= 0.6 is 12.6 Å². The molecule has 1 rings (SSSR count). The van der Waals surface area contributed by atoms with E-state index < -0.39 is 0 Å². The largest absolute Gasteiger partial charge is 0.376 e. The molecule has 0 aromatic rings. The third-order valence-corrected chi connectivity index (χ3v) is 2.27. The van der Waals surface area contributed by atoms with Crippen molar-refractivity contribution < 1.29 is 9.47 Å². The maximum atomic E-state index is 5.52. The first-order chi connectivity index (χ1) is 6.43. The van der Waals surface area contributed by atoms with Gasteiger partial charge in [-0.15, -0.1) is 0 Å². The quantitative estimate of drug-likeness (QED) is 0.418. The topological polar surface area (TPSA) is 18.5 Å². The summed E-state index contributed by atoms with van der Waals surface area (Å²) in [5.41, 5.74) is 0. The summed E-state index contributed by atoms with van der Waals surface area (Å²) < 4.78 is 10.9. The molecule has 1 aliphatic heterocycles. The Labute approximate surface area is 85.7 Å². The zero-order chi connectivity index (χ0) is 9.36. The molecule has 2 nitrogen and oxygen atoms in total. The van der Waals surface area contributed by atoms with Crippen LogP contribution in [0.25, 0.3) is 0 Å². The van der Waals surface area contributed by atoms with Crippen molar-refractivity contribution in [1.82, 2.24) is 0 Å². The van der Waals surface area contributed by atoms with Crippen molar-refractivity contribution in [1.29, 1.82) is 0 Å². The van der Waals surface area contributed by atoms with Gasteiger partial charge in [0, 0.05) is 12.4 Å². The fourth-order valence-electron chi connectivity index (χ4n) is 1.35. The van der Waals surface area contributed by atoms with Gasteiger partial charge in [-0.2, -0.15) is 12.6 Å². The Morgan fingerprint density at radius 3 is 3.00 bits per heavy atom. The van der Waals surface area contributed by atoms with Gasteiger partial charge in [0.25, 0.3) is 0 Å². The van der Waals surface area contributed by atoms with Gasteiger partial charge in [-0.05, 0) is 19.3 Å². The predicted molar refractivity (Wildman–Crippen MR) is 57.4 cm³/mol. The minimum absolute atomic E-state index is 0.332. The monoisotopic (exact) mass is 202 g/mol. The molecule has 1 fully saturated rings. The van der Waals surface area contributed by atoms with E-state index in [0.717, 1.165) is 25.4 Å². The normalized spacial score (nSPS) is 23.9. The highest BCUT2D eigenvalue weighted by molar-refractivity contribution is 7.80. The van der Waals surface area contributed by atoms with Crippen molar-refractivity contribution in [2.24, 2.45) is 0 Å². The molecule has 0 aromatic heterocycles. The van der Waals surface area contributed by atoms with Crippen molar-refractivity contribution in [3.63, 3.8) is 0 Å². The molecule has 1 atom stereocenters. The van der Waals surface area contributed by atoms with Crippen molar-refractivity contribution in [3.05, 3.63) is 12.2 Å². The zero-order valence-electron chi connectivity index (χ0n) is 7.95. The first-order valence-electron chi connectivity index (χ1n) is 4.88. The molecule has 1 saturated heterocycles. The highest BCUT2D eigenvalue weighted by atomic mass is 32.1. The smallest absolute Gasteiger partial charge is 0.0808 e. The Balaban J connectivity index is 1.95. The lowest BCUT2D eigenvalue weighted by molar-refractivity contribution is -0.0354. The maximum absolute atomic E-state index is 5.52. The number of hydrogen-bond donors (Lipinski definition) is 1. The summed E-state index contributed by atoms with van der Waals surface area (Å²) in [7, 11) is 0. The molecule has 0 aromatic carbocycles. The number of thiol groups is 1. The van der Waals surface area contributed by atoms with Crippen LogP contribution < -0.4 is 0 Å². The molecule has 0 amide bonds. The fourth-order valence-corrected chi connectivity index (χ4v) is 1.50. The second kappa shape index (κ2) is 7.42. The summed E-state index contributed by atoms with van der Waals surface area (Å²) in [6, 6.07) is 0. The van der Waals surface area contributed by atoms with Gasteiger partial charge in [-0.3, -0.25) is 0 Å². The van der Waals surface area contributed by atoms with Gasteiger partial charge in [0.05, 0.1) is 19.3 Å². The Morgan fingerprint density at radius 2 is 2.31 bits per heavy atom. The van der Waals surface area contributed by atoms with Gasteiger partial charge in [-0.1, -0.05) is 12.2 Å².